The predicted octanol–water partition coefficient (Wildman–Crippen LogP) is 2.02. The second kappa shape index (κ2) is 7.03. The molecule has 1 aliphatic carbocycles. The largest absolute Gasteiger partial charge is 0.350 e. The van der Waals surface area contributed by atoms with Crippen LogP contribution < -0.4 is 10.6 Å². The molecule has 0 radical (unpaired) electrons. The van der Waals surface area contributed by atoms with Crippen molar-refractivity contribution in [1.82, 2.24) is 10.2 Å². The van der Waals surface area contributed by atoms with Crippen molar-refractivity contribution in [3.8, 4) is 0 Å². The third-order valence-corrected chi connectivity index (χ3v) is 3.59. The molecule has 0 saturated heterocycles. The standard InChI is InChI=1S/C18H25N3O3/c1-18(2,3)20-15(22)11-21(4)17(24)13-7-9-14(10-8-13)19-16(23)12-5-6-12/h7-10,12H,5-6,11H2,1-4H3,(H,19,23)(H,20,22). The Morgan fingerprint density at radius 2 is 1.71 bits per heavy atom. The van der Waals surface area contributed by atoms with Gasteiger partial charge in [0, 0.05) is 29.8 Å². The predicted molar refractivity (Wildman–Crippen MR) is 92.7 cm³/mol. The average molecular weight is 331 g/mol. The van der Waals surface area contributed by atoms with E-state index in [9.17, 15) is 14.4 Å². The van der Waals surface area contributed by atoms with Crippen LogP contribution in [0.2, 0.25) is 0 Å². The minimum atomic E-state index is -0.331. The van der Waals surface area contributed by atoms with Gasteiger partial charge in [0.05, 0.1) is 6.54 Å². The fraction of sp³-hybridized carbons (Fsp3) is 0.500. The number of rotatable bonds is 5. The zero-order valence-corrected chi connectivity index (χ0v) is 14.7. The van der Waals surface area contributed by atoms with Crippen molar-refractivity contribution >= 4 is 23.4 Å². The van der Waals surface area contributed by atoms with Gasteiger partial charge >= 0.3 is 0 Å². The Morgan fingerprint density at radius 3 is 2.21 bits per heavy atom. The molecular formula is C18H25N3O3. The fourth-order valence-corrected chi connectivity index (χ4v) is 2.25. The van der Waals surface area contributed by atoms with Crippen molar-refractivity contribution in [2.24, 2.45) is 5.92 Å². The van der Waals surface area contributed by atoms with Crippen molar-refractivity contribution in [2.75, 3.05) is 18.9 Å². The van der Waals surface area contributed by atoms with E-state index in [1.54, 1.807) is 31.3 Å². The molecule has 1 aliphatic rings. The van der Waals surface area contributed by atoms with Crippen LogP contribution >= 0.6 is 0 Å². The number of carbonyl (C=O) groups is 3. The van der Waals surface area contributed by atoms with Crippen LogP contribution in [0.4, 0.5) is 5.69 Å². The van der Waals surface area contributed by atoms with E-state index in [-0.39, 0.29) is 35.7 Å². The average Bonchev–Trinajstić information content (AvgIpc) is 3.29. The number of carbonyl (C=O) groups excluding carboxylic acids is 3. The Bertz CT molecular complexity index is 628. The lowest BCUT2D eigenvalue weighted by atomic mass is 10.1. The maximum absolute atomic E-state index is 12.4. The molecule has 2 N–H and O–H groups in total. The number of nitrogens with one attached hydrogen (secondary N) is 2. The summed E-state index contributed by atoms with van der Waals surface area (Å²) in [5.41, 5.74) is 0.824. The monoisotopic (exact) mass is 331 g/mol. The van der Waals surface area contributed by atoms with Gasteiger partial charge in [-0.25, -0.2) is 0 Å². The molecule has 0 aromatic heterocycles. The van der Waals surface area contributed by atoms with E-state index in [1.807, 2.05) is 20.8 Å². The summed E-state index contributed by atoms with van der Waals surface area (Å²) in [4.78, 5) is 37.3. The van der Waals surface area contributed by atoms with Crippen molar-refractivity contribution in [2.45, 2.75) is 39.2 Å². The lowest BCUT2D eigenvalue weighted by Crippen LogP contribution is -2.46. The molecule has 0 bridgehead atoms. The molecule has 1 saturated carbocycles. The van der Waals surface area contributed by atoms with Gasteiger partial charge in [0.25, 0.3) is 5.91 Å². The Morgan fingerprint density at radius 1 is 1.12 bits per heavy atom. The van der Waals surface area contributed by atoms with Gasteiger partial charge in [-0.05, 0) is 57.9 Å². The minimum Gasteiger partial charge on any atom is -0.350 e. The number of anilines is 1. The molecule has 24 heavy (non-hydrogen) atoms. The van der Waals surface area contributed by atoms with Crippen molar-refractivity contribution in [1.29, 1.82) is 0 Å². The molecule has 0 unspecified atom stereocenters. The third-order valence-electron chi connectivity index (χ3n) is 3.59. The van der Waals surface area contributed by atoms with Gasteiger partial charge in [0.15, 0.2) is 0 Å². The molecule has 1 aromatic rings. The lowest BCUT2D eigenvalue weighted by molar-refractivity contribution is -0.123. The topological polar surface area (TPSA) is 78.5 Å². The van der Waals surface area contributed by atoms with Gasteiger partial charge in [-0.1, -0.05) is 0 Å². The smallest absolute Gasteiger partial charge is 0.254 e. The Labute approximate surface area is 142 Å². The molecule has 130 valence electrons. The van der Waals surface area contributed by atoms with Crippen LogP contribution in [0, 0.1) is 5.92 Å². The first-order chi connectivity index (χ1) is 11.2. The summed E-state index contributed by atoms with van der Waals surface area (Å²) in [5.74, 6) is -0.269. The molecule has 1 aromatic carbocycles. The number of nitrogens with zero attached hydrogens (tertiary/aromatic N) is 1. The molecule has 3 amide bonds. The molecule has 6 heteroatoms. The SMILES string of the molecule is CN(CC(=O)NC(C)(C)C)C(=O)c1ccc(NC(=O)C2CC2)cc1. The first-order valence-corrected chi connectivity index (χ1v) is 8.13. The summed E-state index contributed by atoms with van der Waals surface area (Å²) >= 11 is 0. The molecule has 0 spiro atoms. The van der Waals surface area contributed by atoms with E-state index >= 15 is 0 Å². The number of hydrogen-bond acceptors (Lipinski definition) is 3. The van der Waals surface area contributed by atoms with Gasteiger partial charge < -0.3 is 15.5 Å². The molecular weight excluding hydrogens is 306 g/mol. The first kappa shape index (κ1) is 18.0. The summed E-state index contributed by atoms with van der Waals surface area (Å²) in [7, 11) is 1.59. The Kier molecular flexibility index (Phi) is 5.26. The molecule has 0 heterocycles. The summed E-state index contributed by atoms with van der Waals surface area (Å²) in [6.45, 7) is 5.67. The number of likely N-dealkylation sites (N-methyl/N-ethyl adjacent to an activating group) is 1. The molecule has 0 atom stereocenters. The summed E-state index contributed by atoms with van der Waals surface area (Å²) in [5, 5.41) is 5.65. The maximum atomic E-state index is 12.4. The Hall–Kier alpha value is -2.37. The van der Waals surface area contributed by atoms with Crippen LogP contribution in [-0.2, 0) is 9.59 Å². The summed E-state index contributed by atoms with van der Waals surface area (Å²) < 4.78 is 0. The second-order valence-corrected chi connectivity index (χ2v) is 7.30. The highest BCUT2D eigenvalue weighted by Crippen LogP contribution is 2.30. The van der Waals surface area contributed by atoms with Crippen LogP contribution in [0.25, 0.3) is 0 Å². The number of hydrogen-bond donors (Lipinski definition) is 2. The molecule has 6 nitrogen and oxygen atoms in total. The van der Waals surface area contributed by atoms with Crippen molar-refractivity contribution in [3.63, 3.8) is 0 Å². The van der Waals surface area contributed by atoms with Crippen molar-refractivity contribution < 1.29 is 14.4 Å². The molecule has 2 rings (SSSR count). The Balaban J connectivity index is 1.91. The highest BCUT2D eigenvalue weighted by atomic mass is 16.2. The zero-order chi connectivity index (χ0) is 17.9. The number of amides is 3. The van der Waals surface area contributed by atoms with Gasteiger partial charge in [-0.2, -0.15) is 0 Å². The minimum absolute atomic E-state index is 0.00370. The van der Waals surface area contributed by atoms with Crippen LogP contribution in [0.5, 0.6) is 0 Å². The maximum Gasteiger partial charge on any atom is 0.254 e. The van der Waals surface area contributed by atoms with Crippen LogP contribution in [-0.4, -0.2) is 41.8 Å². The van der Waals surface area contributed by atoms with Gasteiger partial charge in [0.1, 0.15) is 0 Å². The fourth-order valence-electron chi connectivity index (χ4n) is 2.25. The van der Waals surface area contributed by atoms with Gasteiger partial charge in [-0.3, -0.25) is 14.4 Å². The summed E-state index contributed by atoms with van der Waals surface area (Å²) in [6.07, 6.45) is 1.90. The van der Waals surface area contributed by atoms with Crippen molar-refractivity contribution in [3.05, 3.63) is 29.8 Å². The quantitative estimate of drug-likeness (QED) is 0.866. The first-order valence-electron chi connectivity index (χ1n) is 8.13. The van der Waals surface area contributed by atoms with E-state index in [0.717, 1.165) is 12.8 Å². The highest BCUT2D eigenvalue weighted by Gasteiger charge is 2.29. The van der Waals surface area contributed by atoms with Crippen LogP contribution in [0.1, 0.15) is 44.0 Å². The summed E-state index contributed by atoms with van der Waals surface area (Å²) in [6, 6.07) is 6.72. The van der Waals surface area contributed by atoms with E-state index in [1.165, 1.54) is 4.90 Å². The van der Waals surface area contributed by atoms with Gasteiger partial charge in [0.2, 0.25) is 11.8 Å². The van der Waals surface area contributed by atoms with Crippen LogP contribution in [0.15, 0.2) is 24.3 Å². The highest BCUT2D eigenvalue weighted by molar-refractivity contribution is 5.98. The van der Waals surface area contributed by atoms with E-state index < -0.39 is 0 Å². The second-order valence-electron chi connectivity index (χ2n) is 7.30. The normalized spacial score (nSPS) is 14.0. The van der Waals surface area contributed by atoms with E-state index in [0.29, 0.717) is 11.3 Å². The van der Waals surface area contributed by atoms with E-state index in [2.05, 4.69) is 10.6 Å². The molecule has 1 fully saturated rings. The number of benzene rings is 1. The van der Waals surface area contributed by atoms with E-state index in [4.69, 9.17) is 0 Å². The van der Waals surface area contributed by atoms with Crippen LogP contribution in [0.3, 0.4) is 0 Å². The lowest BCUT2D eigenvalue weighted by Gasteiger charge is -2.23. The zero-order valence-electron chi connectivity index (χ0n) is 14.7. The third kappa shape index (κ3) is 5.37. The van der Waals surface area contributed by atoms with Gasteiger partial charge in [-0.15, -0.1) is 0 Å². The molecule has 0 aliphatic heterocycles.